The number of methoxy groups -OCH3 is 1. The lowest BCUT2D eigenvalue weighted by molar-refractivity contribution is -0.122. The smallest absolute Gasteiger partial charge is 0.337 e. The van der Waals surface area contributed by atoms with Crippen LogP contribution in [0.5, 0.6) is 0 Å². The Kier molecular flexibility index (Phi) is 5.37. The molecule has 1 heterocycles. The van der Waals surface area contributed by atoms with Crippen molar-refractivity contribution in [2.45, 2.75) is 6.42 Å². The van der Waals surface area contributed by atoms with Crippen LogP contribution in [0.15, 0.2) is 53.0 Å². The molecule has 2 amide bonds. The Bertz CT molecular complexity index is 834. The third-order valence-corrected chi connectivity index (χ3v) is 4.74. The molecule has 3 rings (SSSR count). The first-order chi connectivity index (χ1) is 12.5. The lowest BCUT2D eigenvalue weighted by atomic mass is 10.1. The van der Waals surface area contributed by atoms with Gasteiger partial charge in [0.1, 0.15) is 0 Å². The van der Waals surface area contributed by atoms with E-state index < -0.39 is 11.9 Å². The van der Waals surface area contributed by atoms with E-state index in [2.05, 4.69) is 26.0 Å². The number of rotatable bonds is 4. The molecule has 0 unspecified atom stereocenters. The molecule has 7 heteroatoms. The summed E-state index contributed by atoms with van der Waals surface area (Å²) in [4.78, 5) is 37.8. The van der Waals surface area contributed by atoms with E-state index in [0.717, 1.165) is 10.2 Å². The van der Waals surface area contributed by atoms with Crippen LogP contribution in [0, 0.1) is 5.92 Å². The first-order valence-corrected chi connectivity index (χ1v) is 8.82. The number of benzene rings is 2. The summed E-state index contributed by atoms with van der Waals surface area (Å²) < 4.78 is 5.57. The van der Waals surface area contributed by atoms with Gasteiger partial charge in [0, 0.05) is 28.8 Å². The largest absolute Gasteiger partial charge is 0.465 e. The van der Waals surface area contributed by atoms with Gasteiger partial charge >= 0.3 is 5.97 Å². The quantitative estimate of drug-likeness (QED) is 0.776. The van der Waals surface area contributed by atoms with E-state index in [1.807, 2.05) is 24.3 Å². The van der Waals surface area contributed by atoms with E-state index >= 15 is 0 Å². The van der Waals surface area contributed by atoms with E-state index in [4.69, 9.17) is 0 Å². The fourth-order valence-electron chi connectivity index (χ4n) is 2.81. The molecule has 1 saturated heterocycles. The highest BCUT2D eigenvalue weighted by atomic mass is 79.9. The molecule has 1 N–H and O–H groups in total. The molecule has 2 aromatic carbocycles. The average Bonchev–Trinajstić information content (AvgIpc) is 3.04. The maximum Gasteiger partial charge on any atom is 0.337 e. The average molecular weight is 417 g/mol. The lowest BCUT2D eigenvalue weighted by Gasteiger charge is -2.16. The molecule has 2 aromatic rings. The van der Waals surface area contributed by atoms with Gasteiger partial charge in [0.2, 0.25) is 11.8 Å². The standard InChI is InChI=1S/C19H17BrN2O4/c1-26-19(25)12-2-6-15(7-3-12)21-18(24)13-10-17(23)22(11-13)16-8-4-14(20)5-9-16/h2-9,13H,10-11H2,1H3,(H,21,24)/t13-/m1/s1. The van der Waals surface area contributed by atoms with Gasteiger partial charge < -0.3 is 15.0 Å². The molecule has 0 radical (unpaired) electrons. The predicted octanol–water partition coefficient (Wildman–Crippen LogP) is 3.23. The van der Waals surface area contributed by atoms with Crippen molar-refractivity contribution >= 4 is 45.1 Å². The van der Waals surface area contributed by atoms with Crippen molar-refractivity contribution in [3.63, 3.8) is 0 Å². The number of nitrogens with one attached hydrogen (secondary N) is 1. The third kappa shape index (κ3) is 3.94. The molecule has 1 aliphatic heterocycles. The number of hydrogen-bond acceptors (Lipinski definition) is 4. The minimum absolute atomic E-state index is 0.0755. The zero-order chi connectivity index (χ0) is 18.7. The normalized spacial score (nSPS) is 16.5. The Balaban J connectivity index is 1.64. The van der Waals surface area contributed by atoms with E-state index in [9.17, 15) is 14.4 Å². The molecule has 0 aromatic heterocycles. The second kappa shape index (κ2) is 7.70. The first-order valence-electron chi connectivity index (χ1n) is 8.03. The number of halogens is 1. The van der Waals surface area contributed by atoms with Crippen molar-refractivity contribution in [1.82, 2.24) is 0 Å². The number of ether oxygens (including phenoxy) is 1. The van der Waals surface area contributed by atoms with Crippen molar-refractivity contribution in [3.8, 4) is 0 Å². The highest BCUT2D eigenvalue weighted by Gasteiger charge is 2.35. The number of carbonyl (C=O) groups excluding carboxylic acids is 3. The van der Waals surface area contributed by atoms with Gasteiger partial charge in [-0.05, 0) is 48.5 Å². The molecular weight excluding hydrogens is 400 g/mol. The molecule has 1 atom stereocenters. The van der Waals surface area contributed by atoms with Crippen molar-refractivity contribution in [2.24, 2.45) is 5.92 Å². The SMILES string of the molecule is COC(=O)c1ccc(NC(=O)[C@@H]2CC(=O)N(c3ccc(Br)cc3)C2)cc1. The van der Waals surface area contributed by atoms with Crippen molar-refractivity contribution in [2.75, 3.05) is 23.9 Å². The molecule has 1 fully saturated rings. The molecule has 0 aliphatic carbocycles. The van der Waals surface area contributed by atoms with Crippen molar-refractivity contribution < 1.29 is 19.1 Å². The molecule has 26 heavy (non-hydrogen) atoms. The van der Waals surface area contributed by atoms with Crippen molar-refractivity contribution in [1.29, 1.82) is 0 Å². The highest BCUT2D eigenvalue weighted by molar-refractivity contribution is 9.10. The molecule has 6 nitrogen and oxygen atoms in total. The summed E-state index contributed by atoms with van der Waals surface area (Å²) in [6.45, 7) is 0.340. The molecule has 0 saturated carbocycles. The van der Waals surface area contributed by atoms with Gasteiger partial charge in [-0.1, -0.05) is 15.9 Å². The molecular formula is C19H17BrN2O4. The maximum atomic E-state index is 12.5. The summed E-state index contributed by atoms with van der Waals surface area (Å²) in [5.74, 6) is -1.15. The number of nitrogens with zero attached hydrogens (tertiary/aromatic N) is 1. The highest BCUT2D eigenvalue weighted by Crippen LogP contribution is 2.27. The van der Waals surface area contributed by atoms with Gasteiger partial charge in [-0.25, -0.2) is 4.79 Å². The number of amides is 2. The van der Waals surface area contributed by atoms with Crippen LogP contribution < -0.4 is 10.2 Å². The van der Waals surface area contributed by atoms with Crippen LogP contribution in [0.2, 0.25) is 0 Å². The summed E-state index contributed by atoms with van der Waals surface area (Å²) in [7, 11) is 1.31. The monoisotopic (exact) mass is 416 g/mol. The number of anilines is 2. The van der Waals surface area contributed by atoms with Gasteiger partial charge in [0.15, 0.2) is 0 Å². The van der Waals surface area contributed by atoms with Crippen LogP contribution in [0.1, 0.15) is 16.8 Å². The third-order valence-electron chi connectivity index (χ3n) is 4.21. The minimum Gasteiger partial charge on any atom is -0.465 e. The first kappa shape index (κ1) is 18.1. The second-order valence-corrected chi connectivity index (χ2v) is 6.86. The maximum absolute atomic E-state index is 12.5. The molecule has 0 bridgehead atoms. The molecule has 0 spiro atoms. The Morgan fingerprint density at radius 2 is 1.77 bits per heavy atom. The van der Waals surface area contributed by atoms with Crippen LogP contribution >= 0.6 is 15.9 Å². The topological polar surface area (TPSA) is 75.7 Å². The van der Waals surface area contributed by atoms with E-state index in [1.165, 1.54) is 7.11 Å². The summed E-state index contributed by atoms with van der Waals surface area (Å²) in [6.07, 6.45) is 0.169. The van der Waals surface area contributed by atoms with Crippen LogP contribution in [-0.2, 0) is 14.3 Å². The molecule has 134 valence electrons. The lowest BCUT2D eigenvalue weighted by Crippen LogP contribution is -2.28. The van der Waals surface area contributed by atoms with Crippen LogP contribution in [0.25, 0.3) is 0 Å². The van der Waals surface area contributed by atoms with Crippen LogP contribution in [-0.4, -0.2) is 31.4 Å². The Hall–Kier alpha value is -2.67. The fraction of sp³-hybridized carbons (Fsp3) is 0.211. The second-order valence-electron chi connectivity index (χ2n) is 5.94. The summed E-state index contributed by atoms with van der Waals surface area (Å²) >= 11 is 3.36. The van der Waals surface area contributed by atoms with Gasteiger partial charge in [-0.3, -0.25) is 9.59 Å². The fourth-order valence-corrected chi connectivity index (χ4v) is 3.07. The van der Waals surface area contributed by atoms with Crippen molar-refractivity contribution in [3.05, 3.63) is 58.6 Å². The van der Waals surface area contributed by atoms with Crippen LogP contribution in [0.4, 0.5) is 11.4 Å². The number of esters is 1. The zero-order valence-corrected chi connectivity index (χ0v) is 15.7. The minimum atomic E-state index is -0.436. The van der Waals surface area contributed by atoms with Gasteiger partial charge in [0.05, 0.1) is 18.6 Å². The summed E-state index contributed by atoms with van der Waals surface area (Å²) in [5, 5.41) is 2.79. The summed E-state index contributed by atoms with van der Waals surface area (Å²) in [5.41, 5.74) is 1.75. The predicted molar refractivity (Wildman–Crippen MR) is 101 cm³/mol. The van der Waals surface area contributed by atoms with E-state index in [0.29, 0.717) is 17.8 Å². The Labute approximate surface area is 159 Å². The zero-order valence-electron chi connectivity index (χ0n) is 14.1. The van der Waals surface area contributed by atoms with E-state index in [1.54, 1.807) is 29.2 Å². The Morgan fingerprint density at radius 1 is 1.12 bits per heavy atom. The molecule has 1 aliphatic rings. The van der Waals surface area contributed by atoms with Gasteiger partial charge in [-0.2, -0.15) is 0 Å². The van der Waals surface area contributed by atoms with Crippen LogP contribution in [0.3, 0.4) is 0 Å². The van der Waals surface area contributed by atoms with Gasteiger partial charge in [0.25, 0.3) is 0 Å². The number of carbonyl (C=O) groups is 3. The summed E-state index contributed by atoms with van der Waals surface area (Å²) in [6, 6.07) is 13.8. The van der Waals surface area contributed by atoms with E-state index in [-0.39, 0.29) is 18.2 Å². The number of hydrogen-bond donors (Lipinski definition) is 1. The Morgan fingerprint density at radius 3 is 2.38 bits per heavy atom. The van der Waals surface area contributed by atoms with Gasteiger partial charge in [-0.15, -0.1) is 0 Å².